The van der Waals surface area contributed by atoms with Gasteiger partial charge < -0.3 is 14.6 Å². The standard InChI is InChI=1S/C12H16O3/c13-11-6-7-14-9-12(11)15-8-10-4-2-1-3-5-10/h1-5,11-13H,6-9H2/t11-,12+/m0/s1. The van der Waals surface area contributed by atoms with Crippen molar-refractivity contribution in [1.29, 1.82) is 0 Å². The van der Waals surface area contributed by atoms with Crippen molar-refractivity contribution in [3.8, 4) is 0 Å². The first-order valence-corrected chi connectivity index (χ1v) is 5.27. The van der Waals surface area contributed by atoms with E-state index in [1.54, 1.807) is 0 Å². The predicted octanol–water partition coefficient (Wildman–Crippen LogP) is 1.35. The fraction of sp³-hybridized carbons (Fsp3) is 0.500. The maximum absolute atomic E-state index is 9.64. The van der Waals surface area contributed by atoms with Crippen LogP contribution in [0.15, 0.2) is 30.3 Å². The van der Waals surface area contributed by atoms with Gasteiger partial charge in [-0.25, -0.2) is 0 Å². The Bertz CT molecular complexity index is 286. The predicted molar refractivity (Wildman–Crippen MR) is 56.5 cm³/mol. The van der Waals surface area contributed by atoms with Crippen LogP contribution in [0.25, 0.3) is 0 Å². The molecule has 15 heavy (non-hydrogen) atoms. The van der Waals surface area contributed by atoms with Crippen LogP contribution in [0.4, 0.5) is 0 Å². The van der Waals surface area contributed by atoms with Crippen LogP contribution in [0.5, 0.6) is 0 Å². The fourth-order valence-corrected chi connectivity index (χ4v) is 1.64. The average molecular weight is 208 g/mol. The molecule has 1 fully saturated rings. The van der Waals surface area contributed by atoms with Gasteiger partial charge in [0, 0.05) is 6.61 Å². The largest absolute Gasteiger partial charge is 0.390 e. The summed E-state index contributed by atoms with van der Waals surface area (Å²) in [6.45, 7) is 1.66. The lowest BCUT2D eigenvalue weighted by molar-refractivity contribution is -0.122. The molecule has 0 spiro atoms. The maximum Gasteiger partial charge on any atom is 0.107 e. The van der Waals surface area contributed by atoms with E-state index >= 15 is 0 Å². The molecule has 1 saturated heterocycles. The lowest BCUT2D eigenvalue weighted by Crippen LogP contribution is -2.38. The second kappa shape index (κ2) is 5.26. The van der Waals surface area contributed by atoms with Gasteiger partial charge in [0.05, 0.1) is 19.3 Å². The summed E-state index contributed by atoms with van der Waals surface area (Å²) in [4.78, 5) is 0. The molecule has 0 unspecified atom stereocenters. The molecule has 82 valence electrons. The number of rotatable bonds is 3. The van der Waals surface area contributed by atoms with Crippen LogP contribution in [-0.4, -0.2) is 30.5 Å². The first-order valence-electron chi connectivity index (χ1n) is 5.27. The van der Waals surface area contributed by atoms with Gasteiger partial charge in [-0.2, -0.15) is 0 Å². The van der Waals surface area contributed by atoms with E-state index in [-0.39, 0.29) is 12.2 Å². The Morgan fingerprint density at radius 3 is 2.87 bits per heavy atom. The third kappa shape index (κ3) is 3.02. The Labute approximate surface area is 89.6 Å². The zero-order valence-electron chi connectivity index (χ0n) is 8.63. The van der Waals surface area contributed by atoms with E-state index in [1.165, 1.54) is 0 Å². The van der Waals surface area contributed by atoms with Crippen LogP contribution < -0.4 is 0 Å². The van der Waals surface area contributed by atoms with Gasteiger partial charge in [-0.15, -0.1) is 0 Å². The van der Waals surface area contributed by atoms with E-state index in [0.29, 0.717) is 26.2 Å². The molecule has 1 aliphatic rings. The smallest absolute Gasteiger partial charge is 0.107 e. The summed E-state index contributed by atoms with van der Waals surface area (Å²) in [7, 11) is 0. The number of aliphatic hydroxyl groups excluding tert-OH is 1. The minimum absolute atomic E-state index is 0.182. The molecule has 2 atom stereocenters. The molecule has 3 heteroatoms. The molecule has 1 heterocycles. The van der Waals surface area contributed by atoms with Crippen LogP contribution in [-0.2, 0) is 16.1 Å². The Hall–Kier alpha value is -0.900. The highest BCUT2D eigenvalue weighted by Gasteiger charge is 2.24. The van der Waals surface area contributed by atoms with Gasteiger partial charge in [0.2, 0.25) is 0 Å². The van der Waals surface area contributed by atoms with Gasteiger partial charge in [0.25, 0.3) is 0 Å². The summed E-state index contributed by atoms with van der Waals surface area (Å²) >= 11 is 0. The second-order valence-corrected chi connectivity index (χ2v) is 3.77. The van der Waals surface area contributed by atoms with E-state index in [9.17, 15) is 5.11 Å². The molecule has 2 rings (SSSR count). The monoisotopic (exact) mass is 208 g/mol. The number of hydrogen-bond acceptors (Lipinski definition) is 3. The topological polar surface area (TPSA) is 38.7 Å². The molecule has 0 bridgehead atoms. The molecule has 0 radical (unpaired) electrons. The van der Waals surface area contributed by atoms with E-state index in [1.807, 2.05) is 30.3 Å². The van der Waals surface area contributed by atoms with Crippen LogP contribution in [0.3, 0.4) is 0 Å². The first kappa shape index (κ1) is 10.6. The van der Waals surface area contributed by atoms with Gasteiger partial charge in [-0.05, 0) is 12.0 Å². The third-order valence-electron chi connectivity index (χ3n) is 2.58. The molecular formula is C12H16O3. The molecule has 1 aliphatic heterocycles. The third-order valence-corrected chi connectivity index (χ3v) is 2.58. The van der Waals surface area contributed by atoms with E-state index in [0.717, 1.165) is 5.56 Å². The lowest BCUT2D eigenvalue weighted by atomic mass is 10.1. The van der Waals surface area contributed by atoms with Crippen molar-refractivity contribution in [2.75, 3.05) is 13.2 Å². The second-order valence-electron chi connectivity index (χ2n) is 3.77. The Balaban J connectivity index is 1.82. The highest BCUT2D eigenvalue weighted by Crippen LogP contribution is 2.13. The van der Waals surface area contributed by atoms with Gasteiger partial charge in [0.1, 0.15) is 6.10 Å². The van der Waals surface area contributed by atoms with Gasteiger partial charge in [-0.3, -0.25) is 0 Å². The number of aliphatic hydroxyl groups is 1. The van der Waals surface area contributed by atoms with E-state index < -0.39 is 0 Å². The molecule has 1 N–H and O–H groups in total. The van der Waals surface area contributed by atoms with Crippen molar-refractivity contribution in [2.24, 2.45) is 0 Å². The number of ether oxygens (including phenoxy) is 2. The van der Waals surface area contributed by atoms with Crippen LogP contribution in [0.1, 0.15) is 12.0 Å². The highest BCUT2D eigenvalue weighted by atomic mass is 16.5. The normalized spacial score (nSPS) is 26.5. The summed E-state index contributed by atoms with van der Waals surface area (Å²) in [5.41, 5.74) is 1.12. The SMILES string of the molecule is O[C@H]1CCOC[C@H]1OCc1ccccc1. The van der Waals surface area contributed by atoms with Crippen molar-refractivity contribution in [1.82, 2.24) is 0 Å². The molecule has 0 aliphatic carbocycles. The summed E-state index contributed by atoms with van der Waals surface area (Å²) < 4.78 is 10.9. The van der Waals surface area contributed by atoms with Gasteiger partial charge >= 0.3 is 0 Å². The van der Waals surface area contributed by atoms with E-state index in [2.05, 4.69) is 0 Å². The first-order chi connectivity index (χ1) is 7.36. The number of benzene rings is 1. The fourth-order valence-electron chi connectivity index (χ4n) is 1.64. The van der Waals surface area contributed by atoms with E-state index in [4.69, 9.17) is 9.47 Å². The number of hydrogen-bond donors (Lipinski definition) is 1. The summed E-state index contributed by atoms with van der Waals surface area (Å²) in [6.07, 6.45) is 0.0980. The average Bonchev–Trinajstić information content (AvgIpc) is 2.29. The zero-order chi connectivity index (χ0) is 10.5. The van der Waals surface area contributed by atoms with Crippen LogP contribution in [0.2, 0.25) is 0 Å². The lowest BCUT2D eigenvalue weighted by Gasteiger charge is -2.27. The maximum atomic E-state index is 9.64. The van der Waals surface area contributed by atoms with Gasteiger partial charge in [-0.1, -0.05) is 30.3 Å². The molecule has 0 saturated carbocycles. The van der Waals surface area contributed by atoms with Crippen molar-refractivity contribution >= 4 is 0 Å². The summed E-state index contributed by atoms with van der Waals surface area (Å²) in [5.74, 6) is 0. The van der Waals surface area contributed by atoms with Crippen molar-refractivity contribution in [2.45, 2.75) is 25.2 Å². The van der Waals surface area contributed by atoms with Crippen LogP contribution in [0, 0.1) is 0 Å². The zero-order valence-corrected chi connectivity index (χ0v) is 8.63. The van der Waals surface area contributed by atoms with Crippen LogP contribution >= 0.6 is 0 Å². The van der Waals surface area contributed by atoms with Crippen molar-refractivity contribution in [3.05, 3.63) is 35.9 Å². The molecule has 0 aromatic heterocycles. The quantitative estimate of drug-likeness (QED) is 0.815. The van der Waals surface area contributed by atoms with Crippen molar-refractivity contribution in [3.63, 3.8) is 0 Å². The highest BCUT2D eigenvalue weighted by molar-refractivity contribution is 5.13. The molecule has 1 aromatic rings. The Kier molecular flexibility index (Phi) is 3.72. The summed E-state index contributed by atoms with van der Waals surface area (Å²) in [6, 6.07) is 9.95. The summed E-state index contributed by atoms with van der Waals surface area (Å²) in [5, 5.41) is 9.64. The minimum Gasteiger partial charge on any atom is -0.390 e. The molecule has 1 aromatic carbocycles. The van der Waals surface area contributed by atoms with Crippen molar-refractivity contribution < 1.29 is 14.6 Å². The minimum atomic E-state index is -0.387. The Morgan fingerprint density at radius 1 is 1.33 bits per heavy atom. The molecule has 0 amide bonds. The molecule has 3 nitrogen and oxygen atoms in total. The Morgan fingerprint density at radius 2 is 2.13 bits per heavy atom. The molecular weight excluding hydrogens is 192 g/mol. The van der Waals surface area contributed by atoms with Gasteiger partial charge in [0.15, 0.2) is 0 Å².